The lowest BCUT2D eigenvalue weighted by atomic mass is 9.83. The topological polar surface area (TPSA) is 24.1 Å². The SMILES string of the molecule is Cc1ccc2c(c1)CC1CNCCC1N2. The molecule has 0 saturated carbocycles. The fourth-order valence-electron chi connectivity index (χ4n) is 2.84. The Morgan fingerprint density at radius 2 is 2.27 bits per heavy atom. The molecule has 2 nitrogen and oxygen atoms in total. The van der Waals surface area contributed by atoms with Crippen molar-refractivity contribution in [2.75, 3.05) is 18.4 Å². The molecule has 2 aliphatic rings. The predicted molar refractivity (Wildman–Crippen MR) is 63.3 cm³/mol. The van der Waals surface area contributed by atoms with Gasteiger partial charge in [0.05, 0.1) is 0 Å². The van der Waals surface area contributed by atoms with Gasteiger partial charge in [-0.25, -0.2) is 0 Å². The monoisotopic (exact) mass is 202 g/mol. The third-order valence-electron chi connectivity index (χ3n) is 3.69. The first-order valence-corrected chi connectivity index (χ1v) is 5.90. The van der Waals surface area contributed by atoms with E-state index in [1.54, 1.807) is 0 Å². The van der Waals surface area contributed by atoms with Crippen LogP contribution in [0.1, 0.15) is 17.5 Å². The van der Waals surface area contributed by atoms with Crippen LogP contribution < -0.4 is 10.6 Å². The fraction of sp³-hybridized carbons (Fsp3) is 0.538. The Kier molecular flexibility index (Phi) is 2.17. The largest absolute Gasteiger partial charge is 0.382 e. The molecular formula is C13H18N2. The number of hydrogen-bond acceptors (Lipinski definition) is 2. The van der Waals surface area contributed by atoms with Gasteiger partial charge in [-0.1, -0.05) is 17.7 Å². The van der Waals surface area contributed by atoms with E-state index in [4.69, 9.17) is 0 Å². The first-order valence-electron chi connectivity index (χ1n) is 5.90. The quantitative estimate of drug-likeness (QED) is 0.672. The van der Waals surface area contributed by atoms with Gasteiger partial charge in [0.1, 0.15) is 0 Å². The van der Waals surface area contributed by atoms with Crippen molar-refractivity contribution in [2.45, 2.75) is 25.8 Å². The van der Waals surface area contributed by atoms with Crippen LogP contribution in [0, 0.1) is 12.8 Å². The molecule has 1 saturated heterocycles. The van der Waals surface area contributed by atoms with Gasteiger partial charge in [-0.3, -0.25) is 0 Å². The molecule has 0 bridgehead atoms. The Morgan fingerprint density at radius 1 is 1.33 bits per heavy atom. The average Bonchev–Trinajstić information content (AvgIpc) is 2.26. The van der Waals surface area contributed by atoms with Crippen molar-refractivity contribution in [3.8, 4) is 0 Å². The molecule has 0 aliphatic carbocycles. The van der Waals surface area contributed by atoms with Crippen molar-refractivity contribution in [3.05, 3.63) is 29.3 Å². The third kappa shape index (κ3) is 1.63. The number of hydrogen-bond donors (Lipinski definition) is 2. The maximum atomic E-state index is 3.69. The Labute approximate surface area is 91.1 Å². The van der Waals surface area contributed by atoms with Gasteiger partial charge < -0.3 is 10.6 Å². The number of benzene rings is 1. The first kappa shape index (κ1) is 9.22. The van der Waals surface area contributed by atoms with E-state index in [-0.39, 0.29) is 0 Å². The number of fused-ring (bicyclic) bond motifs is 2. The van der Waals surface area contributed by atoms with Crippen LogP contribution in [0.25, 0.3) is 0 Å². The molecule has 0 aromatic heterocycles. The minimum Gasteiger partial charge on any atom is -0.382 e. The molecule has 1 aromatic carbocycles. The molecular weight excluding hydrogens is 184 g/mol. The molecule has 2 N–H and O–H groups in total. The number of rotatable bonds is 0. The summed E-state index contributed by atoms with van der Waals surface area (Å²) in [6, 6.07) is 7.46. The molecule has 0 spiro atoms. The molecule has 3 rings (SSSR count). The molecule has 2 heteroatoms. The van der Waals surface area contributed by atoms with Crippen LogP contribution in [0.5, 0.6) is 0 Å². The van der Waals surface area contributed by atoms with Crippen molar-refractivity contribution in [1.29, 1.82) is 0 Å². The summed E-state index contributed by atoms with van der Waals surface area (Å²) in [5.41, 5.74) is 4.24. The van der Waals surface area contributed by atoms with Crippen molar-refractivity contribution in [1.82, 2.24) is 5.32 Å². The van der Waals surface area contributed by atoms with Gasteiger partial charge >= 0.3 is 0 Å². The van der Waals surface area contributed by atoms with Gasteiger partial charge in [-0.05, 0) is 43.9 Å². The van der Waals surface area contributed by atoms with Crippen LogP contribution in [-0.2, 0) is 6.42 Å². The molecule has 0 amide bonds. The molecule has 2 heterocycles. The molecule has 2 unspecified atom stereocenters. The highest BCUT2D eigenvalue weighted by atomic mass is 15.0. The van der Waals surface area contributed by atoms with Gasteiger partial charge in [0.15, 0.2) is 0 Å². The summed E-state index contributed by atoms with van der Waals surface area (Å²) in [4.78, 5) is 0. The van der Waals surface area contributed by atoms with E-state index in [0.29, 0.717) is 6.04 Å². The average molecular weight is 202 g/mol. The lowest BCUT2D eigenvalue weighted by Gasteiger charge is -2.38. The van der Waals surface area contributed by atoms with Gasteiger partial charge in [0.25, 0.3) is 0 Å². The second-order valence-electron chi connectivity index (χ2n) is 4.87. The zero-order chi connectivity index (χ0) is 10.3. The minimum absolute atomic E-state index is 0.696. The van der Waals surface area contributed by atoms with Gasteiger partial charge in [-0.2, -0.15) is 0 Å². The van der Waals surface area contributed by atoms with Gasteiger partial charge in [-0.15, -0.1) is 0 Å². The van der Waals surface area contributed by atoms with E-state index < -0.39 is 0 Å². The maximum Gasteiger partial charge on any atom is 0.0375 e. The Hall–Kier alpha value is -1.02. The molecule has 1 aromatic rings. The summed E-state index contributed by atoms with van der Waals surface area (Å²) in [5.74, 6) is 0.785. The zero-order valence-corrected chi connectivity index (χ0v) is 9.22. The predicted octanol–water partition coefficient (Wildman–Crippen LogP) is 1.94. The van der Waals surface area contributed by atoms with E-state index in [2.05, 4.69) is 35.8 Å². The first-order chi connectivity index (χ1) is 7.33. The van der Waals surface area contributed by atoms with Crippen molar-refractivity contribution >= 4 is 5.69 Å². The van der Waals surface area contributed by atoms with E-state index in [1.807, 2.05) is 0 Å². The second kappa shape index (κ2) is 3.53. The highest BCUT2D eigenvalue weighted by molar-refractivity contribution is 5.55. The zero-order valence-electron chi connectivity index (χ0n) is 9.22. The summed E-state index contributed by atoms with van der Waals surface area (Å²) in [5, 5.41) is 7.18. The maximum absolute atomic E-state index is 3.69. The number of nitrogens with one attached hydrogen (secondary N) is 2. The summed E-state index contributed by atoms with van der Waals surface area (Å²) in [7, 11) is 0. The molecule has 1 fully saturated rings. The summed E-state index contributed by atoms with van der Waals surface area (Å²) < 4.78 is 0. The standard InChI is InChI=1S/C13H18N2/c1-9-2-3-12-10(6-9)7-11-8-14-5-4-13(11)15-12/h2-3,6,11,13-15H,4-5,7-8H2,1H3. The van der Waals surface area contributed by atoms with Crippen LogP contribution in [-0.4, -0.2) is 19.1 Å². The van der Waals surface area contributed by atoms with Crippen LogP contribution in [0.4, 0.5) is 5.69 Å². The van der Waals surface area contributed by atoms with Gasteiger partial charge in [0.2, 0.25) is 0 Å². The number of anilines is 1. The van der Waals surface area contributed by atoms with E-state index in [9.17, 15) is 0 Å². The van der Waals surface area contributed by atoms with Crippen LogP contribution in [0.3, 0.4) is 0 Å². The highest BCUT2D eigenvalue weighted by Gasteiger charge is 2.29. The number of aryl methyl sites for hydroxylation is 1. The van der Waals surface area contributed by atoms with Crippen molar-refractivity contribution < 1.29 is 0 Å². The normalized spacial score (nSPS) is 28.9. The van der Waals surface area contributed by atoms with Crippen LogP contribution in [0.2, 0.25) is 0 Å². The van der Waals surface area contributed by atoms with E-state index in [0.717, 1.165) is 12.5 Å². The van der Waals surface area contributed by atoms with Crippen LogP contribution in [0.15, 0.2) is 18.2 Å². The molecule has 2 aliphatic heterocycles. The summed E-state index contributed by atoms with van der Waals surface area (Å²) in [6.45, 7) is 4.51. The lowest BCUT2D eigenvalue weighted by molar-refractivity contribution is 0.333. The highest BCUT2D eigenvalue weighted by Crippen LogP contribution is 2.31. The van der Waals surface area contributed by atoms with E-state index >= 15 is 0 Å². The smallest absolute Gasteiger partial charge is 0.0375 e. The molecule has 80 valence electrons. The van der Waals surface area contributed by atoms with E-state index in [1.165, 1.54) is 36.2 Å². The number of piperidine rings is 1. The fourth-order valence-corrected chi connectivity index (χ4v) is 2.84. The van der Waals surface area contributed by atoms with Gasteiger partial charge in [0, 0.05) is 18.3 Å². The lowest BCUT2D eigenvalue weighted by Crippen LogP contribution is -2.47. The summed E-state index contributed by atoms with van der Waals surface area (Å²) >= 11 is 0. The Balaban J connectivity index is 1.92. The summed E-state index contributed by atoms with van der Waals surface area (Å²) in [6.07, 6.45) is 2.50. The second-order valence-corrected chi connectivity index (χ2v) is 4.87. The van der Waals surface area contributed by atoms with Crippen LogP contribution >= 0.6 is 0 Å². The Morgan fingerprint density at radius 3 is 3.20 bits per heavy atom. The molecule has 2 atom stereocenters. The molecule has 0 radical (unpaired) electrons. The van der Waals surface area contributed by atoms with Crippen molar-refractivity contribution in [2.24, 2.45) is 5.92 Å². The van der Waals surface area contributed by atoms with Crippen molar-refractivity contribution in [3.63, 3.8) is 0 Å². The Bertz CT molecular complexity index is 373. The minimum atomic E-state index is 0.696. The third-order valence-corrected chi connectivity index (χ3v) is 3.69. The molecule has 15 heavy (non-hydrogen) atoms.